The van der Waals surface area contributed by atoms with Gasteiger partial charge in [-0.25, -0.2) is 22.0 Å². The zero-order valence-corrected chi connectivity index (χ0v) is 20.2. The number of aliphatic hydroxyl groups is 1. The van der Waals surface area contributed by atoms with Crippen LogP contribution in [-0.2, 0) is 16.1 Å². The largest absolute Gasteiger partial charge is 0.389 e. The van der Waals surface area contributed by atoms with Gasteiger partial charge in [0.1, 0.15) is 11.9 Å². The van der Waals surface area contributed by atoms with Gasteiger partial charge in [0, 0.05) is 27.8 Å². The molecule has 2 aliphatic rings. The fourth-order valence-corrected chi connectivity index (χ4v) is 5.06. The second kappa shape index (κ2) is 10.5. The first kappa shape index (κ1) is 25.8. The van der Waals surface area contributed by atoms with Crippen molar-refractivity contribution in [2.45, 2.75) is 63.4 Å². The van der Waals surface area contributed by atoms with Crippen molar-refractivity contribution in [1.82, 2.24) is 0 Å². The number of ether oxygens (including phenoxy) is 2. The lowest BCUT2D eigenvalue weighted by Crippen LogP contribution is -2.21. The molecule has 0 aromatic heterocycles. The first-order valence-corrected chi connectivity index (χ1v) is 12.4. The fraction of sp³-hybridized carbons (Fsp3) is 0.379. The Labute approximate surface area is 211 Å². The lowest BCUT2D eigenvalue weighted by atomic mass is 9.82. The van der Waals surface area contributed by atoms with E-state index < -0.39 is 41.3 Å². The van der Waals surface area contributed by atoms with Crippen molar-refractivity contribution in [1.29, 1.82) is 0 Å². The summed E-state index contributed by atoms with van der Waals surface area (Å²) in [4.78, 5) is 0. The number of benzene rings is 3. The summed E-state index contributed by atoms with van der Waals surface area (Å²) in [6.07, 6.45) is 1.04. The van der Waals surface area contributed by atoms with Gasteiger partial charge in [0.15, 0.2) is 23.3 Å². The van der Waals surface area contributed by atoms with E-state index in [1.165, 1.54) is 43.3 Å². The minimum absolute atomic E-state index is 0.00342. The quantitative estimate of drug-likeness (QED) is 0.262. The number of aliphatic hydroxyl groups excluding tert-OH is 1. The highest BCUT2D eigenvalue weighted by molar-refractivity contribution is 5.66. The van der Waals surface area contributed by atoms with Crippen LogP contribution in [0.25, 0.3) is 11.1 Å². The number of hydrogen-bond acceptors (Lipinski definition) is 3. The molecular weight excluding hydrogens is 491 g/mol. The molecule has 1 saturated heterocycles. The molecule has 3 nitrogen and oxygen atoms in total. The predicted molar refractivity (Wildman–Crippen MR) is 127 cm³/mol. The SMILES string of the molecule is CC(O)c1ccc(COC2CCC(c3ccc(-c4ccc(C5CO5)c(F)c4F)c(F)c3)CC2)c(F)c1F. The Bertz CT molecular complexity index is 1300. The molecule has 5 rings (SSSR count). The standard InChI is InChI=1S/C29H27F5O3/c1-15(35)20-8-5-18(26(31)27(20)32)13-36-19-6-2-16(3-7-19)17-4-9-21(24(30)12-17)22-10-11-23(25-14-37-25)29(34)28(22)33/h4-5,8-12,15-16,19,25,35H,2-3,6-7,13-14H2,1H3. The van der Waals surface area contributed by atoms with E-state index in [1.54, 1.807) is 6.07 Å². The lowest BCUT2D eigenvalue weighted by Gasteiger charge is -2.29. The highest BCUT2D eigenvalue weighted by Crippen LogP contribution is 2.39. The lowest BCUT2D eigenvalue weighted by molar-refractivity contribution is 0.0118. The molecule has 1 aliphatic heterocycles. The zero-order chi connectivity index (χ0) is 26.3. The molecule has 1 N–H and O–H groups in total. The molecular formula is C29H27F5O3. The summed E-state index contributed by atoms with van der Waals surface area (Å²) < 4.78 is 83.3. The van der Waals surface area contributed by atoms with Crippen LogP contribution in [0.2, 0.25) is 0 Å². The minimum Gasteiger partial charge on any atom is -0.389 e. The molecule has 2 atom stereocenters. The van der Waals surface area contributed by atoms with Gasteiger partial charge in [0.25, 0.3) is 0 Å². The van der Waals surface area contributed by atoms with Gasteiger partial charge in [-0.3, -0.25) is 0 Å². The maximum absolute atomic E-state index is 15.0. The molecule has 0 radical (unpaired) electrons. The number of halogens is 5. The summed E-state index contributed by atoms with van der Waals surface area (Å²) >= 11 is 0. The summed E-state index contributed by atoms with van der Waals surface area (Å²) in [5.41, 5.74) is 0.762. The third-order valence-electron chi connectivity index (χ3n) is 7.34. The van der Waals surface area contributed by atoms with Crippen LogP contribution in [0, 0.1) is 29.1 Å². The van der Waals surface area contributed by atoms with E-state index in [4.69, 9.17) is 9.47 Å². The molecule has 1 heterocycles. The van der Waals surface area contributed by atoms with E-state index in [2.05, 4.69) is 0 Å². The molecule has 2 fully saturated rings. The second-order valence-corrected chi connectivity index (χ2v) is 9.79. The van der Waals surface area contributed by atoms with E-state index in [1.807, 2.05) is 0 Å². The van der Waals surface area contributed by atoms with Crippen molar-refractivity contribution in [2.24, 2.45) is 0 Å². The first-order valence-electron chi connectivity index (χ1n) is 12.4. The molecule has 2 unspecified atom stereocenters. The van der Waals surface area contributed by atoms with Crippen molar-refractivity contribution in [2.75, 3.05) is 6.61 Å². The highest BCUT2D eigenvalue weighted by atomic mass is 19.2. The molecule has 3 aromatic carbocycles. The van der Waals surface area contributed by atoms with Gasteiger partial charge in [0.05, 0.1) is 25.4 Å². The van der Waals surface area contributed by atoms with Crippen LogP contribution in [0.15, 0.2) is 42.5 Å². The predicted octanol–water partition coefficient (Wildman–Crippen LogP) is 7.42. The fourth-order valence-electron chi connectivity index (χ4n) is 5.06. The molecule has 196 valence electrons. The van der Waals surface area contributed by atoms with Crippen LogP contribution in [0.1, 0.15) is 73.0 Å². The Morgan fingerprint density at radius 1 is 0.865 bits per heavy atom. The smallest absolute Gasteiger partial charge is 0.167 e. The van der Waals surface area contributed by atoms with Crippen molar-refractivity contribution < 1.29 is 36.5 Å². The Hall–Kier alpha value is -2.81. The van der Waals surface area contributed by atoms with Crippen LogP contribution < -0.4 is 0 Å². The summed E-state index contributed by atoms with van der Waals surface area (Å²) in [5, 5.41) is 9.52. The van der Waals surface area contributed by atoms with Crippen LogP contribution in [0.3, 0.4) is 0 Å². The van der Waals surface area contributed by atoms with E-state index >= 15 is 0 Å². The maximum atomic E-state index is 15.0. The number of rotatable bonds is 7. The minimum atomic E-state index is -1.11. The van der Waals surface area contributed by atoms with Crippen LogP contribution in [0.5, 0.6) is 0 Å². The van der Waals surface area contributed by atoms with Crippen LogP contribution >= 0.6 is 0 Å². The Morgan fingerprint density at radius 3 is 2.22 bits per heavy atom. The monoisotopic (exact) mass is 518 g/mol. The third kappa shape index (κ3) is 5.28. The number of epoxide rings is 1. The van der Waals surface area contributed by atoms with Crippen molar-refractivity contribution in [3.8, 4) is 11.1 Å². The summed E-state index contributed by atoms with van der Waals surface area (Å²) in [5.74, 6) is -4.74. The van der Waals surface area contributed by atoms with Gasteiger partial charge in [0.2, 0.25) is 0 Å². The molecule has 3 aromatic rings. The molecule has 1 aliphatic carbocycles. The third-order valence-corrected chi connectivity index (χ3v) is 7.34. The molecule has 37 heavy (non-hydrogen) atoms. The van der Waals surface area contributed by atoms with Gasteiger partial charge in [-0.2, -0.15) is 0 Å². The summed E-state index contributed by atoms with van der Waals surface area (Å²) in [7, 11) is 0. The van der Waals surface area contributed by atoms with Gasteiger partial charge in [-0.05, 0) is 50.2 Å². The van der Waals surface area contributed by atoms with Crippen molar-refractivity contribution in [3.63, 3.8) is 0 Å². The normalized spacial score (nSPS) is 22.2. The van der Waals surface area contributed by atoms with Crippen molar-refractivity contribution >= 4 is 0 Å². The van der Waals surface area contributed by atoms with Gasteiger partial charge in [-0.15, -0.1) is 0 Å². The van der Waals surface area contributed by atoms with E-state index in [0.29, 0.717) is 32.3 Å². The van der Waals surface area contributed by atoms with E-state index in [-0.39, 0.29) is 46.4 Å². The first-order chi connectivity index (χ1) is 17.7. The van der Waals surface area contributed by atoms with Crippen LogP contribution in [-0.4, -0.2) is 17.8 Å². The highest BCUT2D eigenvalue weighted by Gasteiger charge is 2.31. The van der Waals surface area contributed by atoms with E-state index in [0.717, 1.165) is 5.56 Å². The van der Waals surface area contributed by atoms with Gasteiger partial charge >= 0.3 is 0 Å². The molecule has 0 bridgehead atoms. The zero-order valence-electron chi connectivity index (χ0n) is 20.2. The Kier molecular flexibility index (Phi) is 7.34. The van der Waals surface area contributed by atoms with Gasteiger partial charge < -0.3 is 14.6 Å². The second-order valence-electron chi connectivity index (χ2n) is 9.79. The van der Waals surface area contributed by atoms with Gasteiger partial charge in [-0.1, -0.05) is 36.4 Å². The average molecular weight is 519 g/mol. The molecule has 1 saturated carbocycles. The molecule has 0 spiro atoms. The van der Waals surface area contributed by atoms with E-state index in [9.17, 15) is 27.1 Å². The average Bonchev–Trinajstić information content (AvgIpc) is 3.72. The van der Waals surface area contributed by atoms with Crippen molar-refractivity contribution in [3.05, 3.63) is 93.8 Å². The summed E-state index contributed by atoms with van der Waals surface area (Å²) in [6, 6.07) is 10.2. The number of hydrogen-bond donors (Lipinski definition) is 1. The molecule has 8 heteroatoms. The topological polar surface area (TPSA) is 42.0 Å². The molecule has 0 amide bonds. The maximum Gasteiger partial charge on any atom is 0.167 e. The Balaban J connectivity index is 1.20. The summed E-state index contributed by atoms with van der Waals surface area (Å²) in [6.45, 7) is 1.62. The Morgan fingerprint density at radius 2 is 1.57 bits per heavy atom. The van der Waals surface area contributed by atoms with Crippen LogP contribution in [0.4, 0.5) is 22.0 Å².